The molecule has 1 aromatic heterocycles. The van der Waals surface area contributed by atoms with Crippen molar-refractivity contribution in [3.63, 3.8) is 0 Å². The van der Waals surface area contributed by atoms with Gasteiger partial charge in [-0.2, -0.15) is 0 Å². The standard InChI is InChI=1S/C13H16N2O3/c1-17-10-4-3-5-11(18-2)13(10)9(16)8-12-14-6-7-15-12/h3-7,9,16H,8H2,1-2H3,(H,14,15). The lowest BCUT2D eigenvalue weighted by atomic mass is 10.0. The van der Waals surface area contributed by atoms with Crippen molar-refractivity contribution in [1.29, 1.82) is 0 Å². The second-order valence-electron chi connectivity index (χ2n) is 3.83. The van der Waals surface area contributed by atoms with E-state index >= 15 is 0 Å². The van der Waals surface area contributed by atoms with E-state index in [0.717, 1.165) is 5.82 Å². The Morgan fingerprint density at radius 2 is 1.94 bits per heavy atom. The second-order valence-corrected chi connectivity index (χ2v) is 3.83. The summed E-state index contributed by atoms with van der Waals surface area (Å²) in [6.07, 6.45) is 3.02. The van der Waals surface area contributed by atoms with Gasteiger partial charge >= 0.3 is 0 Å². The zero-order valence-corrected chi connectivity index (χ0v) is 10.4. The number of aromatic amines is 1. The van der Waals surface area contributed by atoms with E-state index in [1.807, 2.05) is 6.07 Å². The van der Waals surface area contributed by atoms with Crippen molar-refractivity contribution in [2.24, 2.45) is 0 Å². The zero-order valence-electron chi connectivity index (χ0n) is 10.4. The van der Waals surface area contributed by atoms with Crippen molar-refractivity contribution in [1.82, 2.24) is 9.97 Å². The Morgan fingerprint density at radius 3 is 2.44 bits per heavy atom. The van der Waals surface area contributed by atoms with Crippen molar-refractivity contribution < 1.29 is 14.6 Å². The Labute approximate surface area is 105 Å². The predicted molar refractivity (Wildman–Crippen MR) is 66.8 cm³/mol. The highest BCUT2D eigenvalue weighted by Gasteiger charge is 2.19. The molecule has 1 heterocycles. The Balaban J connectivity index is 2.30. The normalized spacial score (nSPS) is 12.2. The third-order valence-electron chi connectivity index (χ3n) is 2.74. The van der Waals surface area contributed by atoms with Crippen LogP contribution in [-0.2, 0) is 6.42 Å². The van der Waals surface area contributed by atoms with Crippen molar-refractivity contribution in [3.8, 4) is 11.5 Å². The number of rotatable bonds is 5. The summed E-state index contributed by atoms with van der Waals surface area (Å²) < 4.78 is 10.5. The molecule has 18 heavy (non-hydrogen) atoms. The van der Waals surface area contributed by atoms with Crippen LogP contribution in [0.25, 0.3) is 0 Å². The van der Waals surface area contributed by atoms with E-state index in [9.17, 15) is 5.11 Å². The summed E-state index contributed by atoms with van der Waals surface area (Å²) in [5, 5.41) is 10.3. The molecule has 0 spiro atoms. The maximum absolute atomic E-state index is 10.3. The van der Waals surface area contributed by atoms with Crippen molar-refractivity contribution in [2.45, 2.75) is 12.5 Å². The maximum atomic E-state index is 10.3. The number of H-pyrrole nitrogens is 1. The number of imidazole rings is 1. The number of aliphatic hydroxyl groups is 1. The van der Waals surface area contributed by atoms with Gasteiger partial charge in [-0.3, -0.25) is 0 Å². The predicted octanol–water partition coefficient (Wildman–Crippen LogP) is 1.70. The lowest BCUT2D eigenvalue weighted by Gasteiger charge is -2.17. The van der Waals surface area contributed by atoms with Crippen LogP contribution in [0.15, 0.2) is 30.6 Å². The van der Waals surface area contributed by atoms with Crippen LogP contribution in [0.2, 0.25) is 0 Å². The molecule has 0 saturated heterocycles. The molecule has 0 fully saturated rings. The summed E-state index contributed by atoms with van der Waals surface area (Å²) in [6.45, 7) is 0. The molecule has 0 radical (unpaired) electrons. The van der Waals surface area contributed by atoms with E-state index in [0.29, 0.717) is 23.5 Å². The van der Waals surface area contributed by atoms with E-state index in [1.54, 1.807) is 38.7 Å². The van der Waals surface area contributed by atoms with Crippen LogP contribution >= 0.6 is 0 Å². The Bertz CT molecular complexity index is 475. The highest BCUT2D eigenvalue weighted by atomic mass is 16.5. The van der Waals surface area contributed by atoms with Crippen LogP contribution < -0.4 is 9.47 Å². The SMILES string of the molecule is COc1cccc(OC)c1C(O)Cc1ncc[nH]1. The van der Waals surface area contributed by atoms with E-state index in [1.165, 1.54) is 0 Å². The van der Waals surface area contributed by atoms with Gasteiger partial charge < -0.3 is 19.6 Å². The molecule has 5 heteroatoms. The minimum absolute atomic E-state index is 0.379. The van der Waals surface area contributed by atoms with Gasteiger partial charge in [0, 0.05) is 18.8 Å². The van der Waals surface area contributed by atoms with Crippen LogP contribution in [0.5, 0.6) is 11.5 Å². The average molecular weight is 248 g/mol. The van der Waals surface area contributed by atoms with Crippen molar-refractivity contribution >= 4 is 0 Å². The lowest BCUT2D eigenvalue weighted by Crippen LogP contribution is -2.07. The first-order chi connectivity index (χ1) is 8.76. The number of aliphatic hydroxyl groups excluding tert-OH is 1. The number of ether oxygens (including phenoxy) is 2. The molecular weight excluding hydrogens is 232 g/mol. The summed E-state index contributed by atoms with van der Waals surface area (Å²) in [5.41, 5.74) is 0.638. The van der Waals surface area contributed by atoms with Crippen LogP contribution in [0, 0.1) is 0 Å². The fraction of sp³-hybridized carbons (Fsp3) is 0.308. The first-order valence-electron chi connectivity index (χ1n) is 5.63. The Hall–Kier alpha value is -2.01. The summed E-state index contributed by atoms with van der Waals surface area (Å²) in [6, 6.07) is 5.41. The number of hydrogen-bond donors (Lipinski definition) is 2. The van der Waals surface area contributed by atoms with Gasteiger partial charge in [-0.05, 0) is 12.1 Å². The van der Waals surface area contributed by atoms with Crippen LogP contribution in [0.4, 0.5) is 0 Å². The minimum Gasteiger partial charge on any atom is -0.496 e. The molecule has 0 aliphatic carbocycles. The lowest BCUT2D eigenvalue weighted by molar-refractivity contribution is 0.167. The van der Waals surface area contributed by atoms with E-state index < -0.39 is 6.10 Å². The van der Waals surface area contributed by atoms with Gasteiger partial charge in [-0.25, -0.2) is 4.98 Å². The number of methoxy groups -OCH3 is 2. The molecule has 96 valence electrons. The van der Waals surface area contributed by atoms with Gasteiger partial charge in [0.15, 0.2) is 0 Å². The smallest absolute Gasteiger partial charge is 0.128 e. The summed E-state index contributed by atoms with van der Waals surface area (Å²) in [5.74, 6) is 1.93. The third kappa shape index (κ3) is 2.46. The number of nitrogens with one attached hydrogen (secondary N) is 1. The molecule has 0 aliphatic heterocycles. The molecule has 1 atom stereocenters. The summed E-state index contributed by atoms with van der Waals surface area (Å²) >= 11 is 0. The van der Waals surface area contributed by atoms with Gasteiger partial charge in [0.2, 0.25) is 0 Å². The first kappa shape index (κ1) is 12.4. The highest BCUT2D eigenvalue weighted by molar-refractivity contribution is 5.46. The van der Waals surface area contributed by atoms with E-state index in [-0.39, 0.29) is 0 Å². The maximum Gasteiger partial charge on any atom is 0.128 e. The molecule has 2 aromatic rings. The molecule has 2 N–H and O–H groups in total. The molecule has 1 aromatic carbocycles. The summed E-state index contributed by atoms with van der Waals surface area (Å²) in [4.78, 5) is 7.06. The largest absolute Gasteiger partial charge is 0.496 e. The van der Waals surface area contributed by atoms with Crippen molar-refractivity contribution in [2.75, 3.05) is 14.2 Å². The Morgan fingerprint density at radius 1 is 1.28 bits per heavy atom. The second kappa shape index (κ2) is 5.55. The van der Waals surface area contributed by atoms with Gasteiger partial charge in [0.25, 0.3) is 0 Å². The average Bonchev–Trinajstić information content (AvgIpc) is 2.90. The third-order valence-corrected chi connectivity index (χ3v) is 2.74. The molecule has 5 nitrogen and oxygen atoms in total. The van der Waals surface area contributed by atoms with Crippen LogP contribution in [0.1, 0.15) is 17.5 Å². The van der Waals surface area contributed by atoms with Gasteiger partial charge in [-0.1, -0.05) is 6.07 Å². The topological polar surface area (TPSA) is 67.4 Å². The molecule has 2 rings (SSSR count). The van der Waals surface area contributed by atoms with Crippen LogP contribution in [-0.4, -0.2) is 29.3 Å². The Kier molecular flexibility index (Phi) is 3.84. The molecule has 0 saturated carbocycles. The van der Waals surface area contributed by atoms with Gasteiger partial charge in [0.1, 0.15) is 17.3 Å². The molecule has 0 aliphatic rings. The monoisotopic (exact) mass is 248 g/mol. The number of nitrogens with zero attached hydrogens (tertiary/aromatic N) is 1. The molecule has 0 bridgehead atoms. The zero-order chi connectivity index (χ0) is 13.0. The fourth-order valence-corrected chi connectivity index (χ4v) is 1.90. The van der Waals surface area contributed by atoms with Crippen molar-refractivity contribution in [3.05, 3.63) is 42.0 Å². The van der Waals surface area contributed by atoms with E-state index in [4.69, 9.17) is 9.47 Å². The number of benzene rings is 1. The molecule has 1 unspecified atom stereocenters. The molecule has 0 amide bonds. The van der Waals surface area contributed by atoms with Crippen LogP contribution in [0.3, 0.4) is 0 Å². The van der Waals surface area contributed by atoms with E-state index in [2.05, 4.69) is 9.97 Å². The first-order valence-corrected chi connectivity index (χ1v) is 5.63. The quantitative estimate of drug-likeness (QED) is 0.845. The van der Waals surface area contributed by atoms with Gasteiger partial charge in [0.05, 0.1) is 25.9 Å². The number of aromatic nitrogens is 2. The summed E-state index contributed by atoms with van der Waals surface area (Å²) in [7, 11) is 3.13. The molecular formula is C13H16N2O3. The fourth-order valence-electron chi connectivity index (χ4n) is 1.90. The van der Waals surface area contributed by atoms with Gasteiger partial charge in [-0.15, -0.1) is 0 Å². The highest BCUT2D eigenvalue weighted by Crippen LogP contribution is 2.35. The minimum atomic E-state index is -0.734. The number of hydrogen-bond acceptors (Lipinski definition) is 4.